The van der Waals surface area contributed by atoms with Gasteiger partial charge in [0.2, 0.25) is 0 Å². The lowest BCUT2D eigenvalue weighted by Crippen LogP contribution is -2.06. The molecular weight excluding hydrogens is 160 g/mol. The van der Waals surface area contributed by atoms with Gasteiger partial charge < -0.3 is 5.11 Å². The number of aliphatic hydroxyl groups is 1. The minimum absolute atomic E-state index is 0.209. The smallest absolute Gasteiger partial charge is 0.0615 e. The average Bonchev–Trinajstić information content (AvgIpc) is 2.53. The summed E-state index contributed by atoms with van der Waals surface area (Å²) in [5.41, 5.74) is 2.04. The number of hydrogen-bond acceptors (Lipinski definition) is 1. The molecule has 0 amide bonds. The molecule has 13 heavy (non-hydrogen) atoms. The molecule has 0 heterocycles. The number of allylic oxidation sites excluding steroid dienone is 1. The fourth-order valence-corrected chi connectivity index (χ4v) is 3.19. The second-order valence-corrected chi connectivity index (χ2v) is 5.33. The number of hydrogen-bond donors (Lipinski definition) is 1. The van der Waals surface area contributed by atoms with Crippen LogP contribution in [0.2, 0.25) is 0 Å². The summed E-state index contributed by atoms with van der Waals surface area (Å²) in [5.74, 6) is 2.72. The minimum atomic E-state index is 0.209. The summed E-state index contributed by atoms with van der Waals surface area (Å²) in [6.45, 7) is 7.16. The highest BCUT2D eigenvalue weighted by Crippen LogP contribution is 2.68. The molecule has 2 rings (SSSR count). The van der Waals surface area contributed by atoms with E-state index in [0.29, 0.717) is 5.41 Å². The molecule has 2 aliphatic rings. The van der Waals surface area contributed by atoms with Crippen molar-refractivity contribution in [2.75, 3.05) is 6.61 Å². The fraction of sp³-hybridized carbons (Fsp3) is 0.833. The van der Waals surface area contributed by atoms with Gasteiger partial charge in [-0.25, -0.2) is 0 Å². The Morgan fingerprint density at radius 1 is 1.38 bits per heavy atom. The van der Waals surface area contributed by atoms with E-state index in [0.717, 1.165) is 17.8 Å². The Hall–Kier alpha value is -0.300. The standard InChI is InChI=1S/C12H20O/c1-8(4-5-13)9-6-10-11(7-9)12(10,2)3/h4,9-11,13H,5-7H2,1-3H3/b8-4+. The molecule has 1 heteroatoms. The van der Waals surface area contributed by atoms with Gasteiger partial charge in [0.05, 0.1) is 6.61 Å². The second kappa shape index (κ2) is 2.84. The Balaban J connectivity index is 1.94. The molecule has 0 bridgehead atoms. The molecule has 0 aromatic rings. The molecule has 0 radical (unpaired) electrons. The van der Waals surface area contributed by atoms with Crippen LogP contribution in [0.25, 0.3) is 0 Å². The molecule has 0 aromatic heterocycles. The first-order valence-corrected chi connectivity index (χ1v) is 5.35. The highest BCUT2D eigenvalue weighted by Gasteiger charge is 2.61. The zero-order chi connectivity index (χ0) is 9.64. The van der Waals surface area contributed by atoms with Crippen LogP contribution in [0.3, 0.4) is 0 Å². The van der Waals surface area contributed by atoms with E-state index in [1.807, 2.05) is 6.08 Å². The molecular formula is C12H20O. The van der Waals surface area contributed by atoms with Crippen LogP contribution >= 0.6 is 0 Å². The lowest BCUT2D eigenvalue weighted by atomic mass is 9.88. The average molecular weight is 180 g/mol. The van der Waals surface area contributed by atoms with Gasteiger partial charge >= 0.3 is 0 Å². The lowest BCUT2D eigenvalue weighted by Gasteiger charge is -2.17. The first-order chi connectivity index (χ1) is 6.07. The Kier molecular flexibility index (Phi) is 2.03. The van der Waals surface area contributed by atoms with E-state index in [1.165, 1.54) is 18.4 Å². The Morgan fingerprint density at radius 2 is 1.92 bits per heavy atom. The molecule has 2 atom stereocenters. The monoisotopic (exact) mass is 180 g/mol. The van der Waals surface area contributed by atoms with Crippen molar-refractivity contribution in [1.29, 1.82) is 0 Å². The molecule has 0 saturated heterocycles. The van der Waals surface area contributed by atoms with Crippen molar-refractivity contribution >= 4 is 0 Å². The number of aliphatic hydroxyl groups excluding tert-OH is 1. The molecule has 2 unspecified atom stereocenters. The predicted molar refractivity (Wildman–Crippen MR) is 54.3 cm³/mol. The van der Waals surface area contributed by atoms with Gasteiger partial charge in [-0.15, -0.1) is 0 Å². The molecule has 0 aromatic carbocycles. The second-order valence-electron chi connectivity index (χ2n) is 5.33. The molecule has 2 aliphatic carbocycles. The van der Waals surface area contributed by atoms with E-state index < -0.39 is 0 Å². The van der Waals surface area contributed by atoms with E-state index >= 15 is 0 Å². The first-order valence-electron chi connectivity index (χ1n) is 5.35. The predicted octanol–water partition coefficient (Wildman–Crippen LogP) is 2.61. The largest absolute Gasteiger partial charge is 0.392 e. The third-order valence-electron chi connectivity index (χ3n) is 4.42. The maximum atomic E-state index is 8.80. The van der Waals surface area contributed by atoms with Crippen LogP contribution in [0, 0.1) is 23.2 Å². The zero-order valence-corrected chi connectivity index (χ0v) is 8.88. The van der Waals surface area contributed by atoms with Crippen LogP contribution in [-0.2, 0) is 0 Å². The lowest BCUT2D eigenvalue weighted by molar-refractivity contribution is 0.338. The maximum absolute atomic E-state index is 8.80. The molecule has 2 saturated carbocycles. The van der Waals surface area contributed by atoms with Gasteiger partial charge in [0.15, 0.2) is 0 Å². The van der Waals surface area contributed by atoms with Crippen LogP contribution in [-0.4, -0.2) is 11.7 Å². The minimum Gasteiger partial charge on any atom is -0.392 e. The molecule has 1 nitrogen and oxygen atoms in total. The van der Waals surface area contributed by atoms with Gasteiger partial charge in [-0.1, -0.05) is 25.5 Å². The molecule has 1 N–H and O–H groups in total. The van der Waals surface area contributed by atoms with E-state index in [4.69, 9.17) is 5.11 Å². The fourth-order valence-electron chi connectivity index (χ4n) is 3.19. The highest BCUT2D eigenvalue weighted by molar-refractivity contribution is 5.17. The summed E-state index contributed by atoms with van der Waals surface area (Å²) in [6.07, 6.45) is 4.70. The van der Waals surface area contributed by atoms with Crippen LogP contribution in [0.5, 0.6) is 0 Å². The Bertz CT molecular complexity index is 226. The van der Waals surface area contributed by atoms with E-state index in [-0.39, 0.29) is 6.61 Å². The van der Waals surface area contributed by atoms with Crippen molar-refractivity contribution in [1.82, 2.24) is 0 Å². The summed E-state index contributed by atoms with van der Waals surface area (Å²) in [7, 11) is 0. The molecule has 74 valence electrons. The van der Waals surface area contributed by atoms with Crippen LogP contribution in [0.1, 0.15) is 33.6 Å². The van der Waals surface area contributed by atoms with Gasteiger partial charge in [0.25, 0.3) is 0 Å². The summed E-state index contributed by atoms with van der Waals surface area (Å²) >= 11 is 0. The third-order valence-corrected chi connectivity index (χ3v) is 4.42. The van der Waals surface area contributed by atoms with E-state index in [2.05, 4.69) is 20.8 Å². The third kappa shape index (κ3) is 1.34. The van der Waals surface area contributed by atoms with Crippen molar-refractivity contribution in [3.63, 3.8) is 0 Å². The normalized spacial score (nSPS) is 41.8. The zero-order valence-electron chi connectivity index (χ0n) is 8.88. The summed E-state index contributed by atoms with van der Waals surface area (Å²) < 4.78 is 0. The maximum Gasteiger partial charge on any atom is 0.0615 e. The van der Waals surface area contributed by atoms with Gasteiger partial charge in [-0.05, 0) is 42.9 Å². The van der Waals surface area contributed by atoms with Crippen molar-refractivity contribution in [3.05, 3.63) is 11.6 Å². The number of rotatable bonds is 2. The first kappa shape index (κ1) is 9.26. The SMILES string of the molecule is C/C(=C\CO)C1CC2C(C1)C2(C)C. The van der Waals surface area contributed by atoms with E-state index in [9.17, 15) is 0 Å². The van der Waals surface area contributed by atoms with Crippen molar-refractivity contribution < 1.29 is 5.11 Å². The van der Waals surface area contributed by atoms with Crippen LogP contribution in [0.4, 0.5) is 0 Å². The summed E-state index contributed by atoms with van der Waals surface area (Å²) in [6, 6.07) is 0. The van der Waals surface area contributed by atoms with Gasteiger partial charge in [0.1, 0.15) is 0 Å². The van der Waals surface area contributed by atoms with Crippen LogP contribution in [0.15, 0.2) is 11.6 Å². The summed E-state index contributed by atoms with van der Waals surface area (Å²) in [5, 5.41) is 8.80. The molecule has 0 spiro atoms. The van der Waals surface area contributed by atoms with E-state index in [1.54, 1.807) is 0 Å². The van der Waals surface area contributed by atoms with Crippen LogP contribution < -0.4 is 0 Å². The highest BCUT2D eigenvalue weighted by atomic mass is 16.2. The quantitative estimate of drug-likeness (QED) is 0.648. The van der Waals surface area contributed by atoms with Gasteiger partial charge in [-0.2, -0.15) is 0 Å². The van der Waals surface area contributed by atoms with Crippen molar-refractivity contribution in [2.45, 2.75) is 33.6 Å². The Morgan fingerprint density at radius 3 is 2.38 bits per heavy atom. The molecule has 0 aliphatic heterocycles. The Labute approximate surface area is 80.8 Å². The summed E-state index contributed by atoms with van der Waals surface area (Å²) in [4.78, 5) is 0. The van der Waals surface area contributed by atoms with Gasteiger partial charge in [-0.3, -0.25) is 0 Å². The van der Waals surface area contributed by atoms with Gasteiger partial charge in [0, 0.05) is 0 Å². The topological polar surface area (TPSA) is 20.2 Å². The van der Waals surface area contributed by atoms with Crippen molar-refractivity contribution in [2.24, 2.45) is 23.2 Å². The van der Waals surface area contributed by atoms with Crippen molar-refractivity contribution in [3.8, 4) is 0 Å². The number of fused-ring (bicyclic) bond motifs is 1. The molecule has 2 fully saturated rings.